The molecule has 278 valence electrons. The first-order valence-electron chi connectivity index (χ1n) is 20.0. The van der Waals surface area contributed by atoms with Crippen LogP contribution < -0.4 is 16.2 Å². The maximum Gasteiger partial charge on any atom is 0.494 e. The van der Waals surface area contributed by atoms with E-state index in [1.54, 1.807) is 0 Å². The first kappa shape index (κ1) is 37.9. The molecule has 0 aromatic heterocycles. The summed E-state index contributed by atoms with van der Waals surface area (Å²) in [6.45, 7) is 22.3. The van der Waals surface area contributed by atoms with Gasteiger partial charge in [-0.1, -0.05) is 117 Å². The minimum absolute atomic E-state index is 0.441. The summed E-state index contributed by atoms with van der Waals surface area (Å²) in [6, 6.07) is 31.9. The van der Waals surface area contributed by atoms with Gasteiger partial charge in [0.15, 0.2) is 0 Å². The standard InChI is InChI=1S/C46H59B2NO4/c1-11-12-13-14-15-16-29-49-37-25-21-34(22-26-37)46(33-19-17-32(2)18-20-33)40-30-35(47-50-42(3,4)43(5,6)51-47)23-27-38(40)39-28-24-36(31-41(39)46)48-52-44(7,8)45(9,10)53-48/h17-28,30-31,49H,11-16,29H2,1-10H3. The molecule has 7 heteroatoms. The molecule has 2 aliphatic heterocycles. The molecule has 53 heavy (non-hydrogen) atoms. The number of rotatable bonds is 12. The predicted molar refractivity (Wildman–Crippen MR) is 222 cm³/mol. The van der Waals surface area contributed by atoms with Crippen LogP contribution in [0.3, 0.4) is 0 Å². The fraction of sp³-hybridized carbons (Fsp3) is 0.478. The fourth-order valence-corrected chi connectivity index (χ4v) is 8.18. The molecule has 3 aliphatic rings. The first-order chi connectivity index (χ1) is 25.1. The second-order valence-electron chi connectivity index (χ2n) is 17.7. The predicted octanol–water partition coefficient (Wildman–Crippen LogP) is 9.73. The summed E-state index contributed by atoms with van der Waals surface area (Å²) in [7, 11) is -0.947. The molecule has 0 saturated carbocycles. The summed E-state index contributed by atoms with van der Waals surface area (Å²) < 4.78 is 26.5. The van der Waals surface area contributed by atoms with Crippen molar-refractivity contribution in [3.8, 4) is 11.1 Å². The van der Waals surface area contributed by atoms with Gasteiger partial charge in [0.2, 0.25) is 0 Å². The van der Waals surface area contributed by atoms with Gasteiger partial charge in [-0.05, 0) is 125 Å². The van der Waals surface area contributed by atoms with Gasteiger partial charge < -0.3 is 23.9 Å². The van der Waals surface area contributed by atoms with Gasteiger partial charge >= 0.3 is 14.2 Å². The van der Waals surface area contributed by atoms with Crippen molar-refractivity contribution < 1.29 is 18.6 Å². The Balaban J connectivity index is 1.36. The van der Waals surface area contributed by atoms with E-state index in [2.05, 4.69) is 159 Å². The molecular weight excluding hydrogens is 652 g/mol. The third-order valence-corrected chi connectivity index (χ3v) is 12.9. The van der Waals surface area contributed by atoms with Crippen molar-refractivity contribution in [2.75, 3.05) is 11.9 Å². The molecule has 1 N–H and O–H groups in total. The van der Waals surface area contributed by atoms with E-state index in [0.717, 1.165) is 23.2 Å². The molecule has 2 saturated heterocycles. The lowest BCUT2D eigenvalue weighted by Gasteiger charge is -2.34. The van der Waals surface area contributed by atoms with Gasteiger partial charge in [0.25, 0.3) is 0 Å². The van der Waals surface area contributed by atoms with E-state index in [1.807, 2.05) is 0 Å². The average Bonchev–Trinajstić information content (AvgIpc) is 3.62. The number of anilines is 1. The molecule has 2 heterocycles. The van der Waals surface area contributed by atoms with E-state index in [1.165, 1.54) is 77.5 Å². The number of nitrogens with one attached hydrogen (secondary N) is 1. The number of unbranched alkanes of at least 4 members (excludes halogenated alkanes) is 5. The zero-order chi connectivity index (χ0) is 37.8. The van der Waals surface area contributed by atoms with Crippen molar-refractivity contribution >= 4 is 30.8 Å². The van der Waals surface area contributed by atoms with Gasteiger partial charge in [-0.25, -0.2) is 0 Å². The van der Waals surface area contributed by atoms with Crippen LogP contribution in [-0.2, 0) is 24.0 Å². The topological polar surface area (TPSA) is 49.0 Å². The van der Waals surface area contributed by atoms with Gasteiger partial charge in [-0.2, -0.15) is 0 Å². The van der Waals surface area contributed by atoms with Crippen molar-refractivity contribution in [3.63, 3.8) is 0 Å². The van der Waals surface area contributed by atoms with Crippen molar-refractivity contribution in [1.29, 1.82) is 0 Å². The summed E-state index contributed by atoms with van der Waals surface area (Å²) in [6.07, 6.45) is 7.72. The van der Waals surface area contributed by atoms with Crippen LogP contribution in [0.5, 0.6) is 0 Å². The summed E-state index contributed by atoms with van der Waals surface area (Å²) in [4.78, 5) is 0. The van der Waals surface area contributed by atoms with E-state index in [9.17, 15) is 0 Å². The highest BCUT2D eigenvalue weighted by Gasteiger charge is 2.55. The lowest BCUT2D eigenvalue weighted by atomic mass is 9.65. The van der Waals surface area contributed by atoms with Gasteiger partial charge in [0, 0.05) is 12.2 Å². The Bertz CT molecular complexity index is 1810. The van der Waals surface area contributed by atoms with Crippen LogP contribution in [0.2, 0.25) is 0 Å². The van der Waals surface area contributed by atoms with Crippen molar-refractivity contribution in [2.45, 2.75) is 136 Å². The number of fused-ring (bicyclic) bond motifs is 3. The Labute approximate surface area is 319 Å². The molecule has 0 unspecified atom stereocenters. The molecule has 7 rings (SSSR count). The SMILES string of the molecule is CCCCCCCCNc1ccc(C2(c3ccc(C)cc3)c3cc(B4OC(C)(C)C(C)(C)O4)ccc3-c3ccc(B4OC(C)(C)C(C)(C)O4)cc32)cc1. The third-order valence-electron chi connectivity index (χ3n) is 12.9. The molecule has 0 atom stereocenters. The number of hydrogen-bond donors (Lipinski definition) is 1. The number of benzene rings is 4. The quantitative estimate of drug-likeness (QED) is 0.103. The first-order valence-corrected chi connectivity index (χ1v) is 20.0. The van der Waals surface area contributed by atoms with Crippen LogP contribution in [-0.4, -0.2) is 43.2 Å². The minimum atomic E-state index is -0.616. The zero-order valence-corrected chi connectivity index (χ0v) is 33.8. The van der Waals surface area contributed by atoms with E-state index in [4.69, 9.17) is 18.6 Å². The monoisotopic (exact) mass is 711 g/mol. The molecule has 1 aliphatic carbocycles. The van der Waals surface area contributed by atoms with Gasteiger partial charge in [-0.15, -0.1) is 0 Å². The summed E-state index contributed by atoms with van der Waals surface area (Å²) in [5.74, 6) is 0. The second kappa shape index (κ2) is 14.1. The largest absolute Gasteiger partial charge is 0.494 e. The molecule has 0 radical (unpaired) electrons. The molecule has 0 amide bonds. The van der Waals surface area contributed by atoms with Crippen LogP contribution in [0.15, 0.2) is 84.9 Å². The molecule has 2 fully saturated rings. The van der Waals surface area contributed by atoms with Crippen LogP contribution in [0.1, 0.15) is 129 Å². The molecule has 4 aromatic rings. The molecule has 4 aromatic carbocycles. The van der Waals surface area contributed by atoms with E-state index >= 15 is 0 Å². The highest BCUT2D eigenvalue weighted by Crippen LogP contribution is 2.56. The Morgan fingerprint density at radius 1 is 0.509 bits per heavy atom. The zero-order valence-electron chi connectivity index (χ0n) is 33.8. The van der Waals surface area contributed by atoms with E-state index in [0.29, 0.717) is 0 Å². The summed E-state index contributed by atoms with van der Waals surface area (Å²) in [5.41, 5.74) is 9.35. The molecule has 0 spiro atoms. The Hall–Kier alpha value is -3.35. The maximum atomic E-state index is 6.63. The normalized spacial score (nSPS) is 20.0. The van der Waals surface area contributed by atoms with Gasteiger partial charge in [-0.3, -0.25) is 0 Å². The third kappa shape index (κ3) is 6.71. The molecular formula is C46H59B2NO4. The average molecular weight is 712 g/mol. The minimum Gasteiger partial charge on any atom is -0.399 e. The smallest absolute Gasteiger partial charge is 0.399 e. The lowest BCUT2D eigenvalue weighted by Crippen LogP contribution is -2.41. The highest BCUT2D eigenvalue weighted by atomic mass is 16.7. The summed E-state index contributed by atoms with van der Waals surface area (Å²) >= 11 is 0. The Morgan fingerprint density at radius 2 is 0.925 bits per heavy atom. The van der Waals surface area contributed by atoms with Crippen molar-refractivity contribution in [3.05, 3.63) is 113 Å². The van der Waals surface area contributed by atoms with Crippen molar-refractivity contribution in [2.24, 2.45) is 0 Å². The van der Waals surface area contributed by atoms with E-state index < -0.39 is 42.1 Å². The molecule has 0 bridgehead atoms. The number of hydrogen-bond acceptors (Lipinski definition) is 5. The lowest BCUT2D eigenvalue weighted by molar-refractivity contribution is 0.00578. The fourth-order valence-electron chi connectivity index (χ4n) is 8.18. The van der Waals surface area contributed by atoms with Crippen LogP contribution in [0.25, 0.3) is 11.1 Å². The van der Waals surface area contributed by atoms with E-state index in [-0.39, 0.29) is 0 Å². The van der Waals surface area contributed by atoms with Crippen molar-refractivity contribution in [1.82, 2.24) is 0 Å². The highest BCUT2D eigenvalue weighted by molar-refractivity contribution is 6.62. The van der Waals surface area contributed by atoms with Gasteiger partial charge in [0.05, 0.1) is 27.8 Å². The van der Waals surface area contributed by atoms with Gasteiger partial charge in [0.1, 0.15) is 0 Å². The molecule has 5 nitrogen and oxygen atoms in total. The Kier molecular flexibility index (Phi) is 10.1. The van der Waals surface area contributed by atoms with Crippen LogP contribution in [0, 0.1) is 6.92 Å². The maximum absolute atomic E-state index is 6.63. The number of aryl methyl sites for hydroxylation is 1. The Morgan fingerprint density at radius 3 is 1.38 bits per heavy atom. The van der Waals surface area contributed by atoms with Crippen LogP contribution >= 0.6 is 0 Å². The van der Waals surface area contributed by atoms with Crippen LogP contribution in [0.4, 0.5) is 5.69 Å². The second-order valence-corrected chi connectivity index (χ2v) is 17.7. The summed E-state index contributed by atoms with van der Waals surface area (Å²) in [5, 5.41) is 3.71.